The fraction of sp³-hybridized carbons (Fsp3) is 0.562. The summed E-state index contributed by atoms with van der Waals surface area (Å²) >= 11 is 1.71. The highest BCUT2D eigenvalue weighted by atomic mass is 32.1. The molecule has 7 heteroatoms. The van der Waals surface area contributed by atoms with Crippen LogP contribution in [0.2, 0.25) is 0 Å². The van der Waals surface area contributed by atoms with Gasteiger partial charge in [0.15, 0.2) is 0 Å². The van der Waals surface area contributed by atoms with Crippen LogP contribution in [-0.4, -0.2) is 37.9 Å². The molecule has 1 atom stereocenters. The van der Waals surface area contributed by atoms with Gasteiger partial charge in [-0.3, -0.25) is 9.69 Å². The highest BCUT2D eigenvalue weighted by Gasteiger charge is 2.30. The first-order valence-corrected chi connectivity index (χ1v) is 9.00. The van der Waals surface area contributed by atoms with Crippen LogP contribution in [-0.2, 0) is 13.1 Å². The summed E-state index contributed by atoms with van der Waals surface area (Å²) in [6.45, 7) is 6.96. The molecule has 1 fully saturated rings. The van der Waals surface area contributed by atoms with Crippen LogP contribution in [0.1, 0.15) is 52.7 Å². The Morgan fingerprint density at radius 1 is 1.43 bits per heavy atom. The zero-order valence-corrected chi connectivity index (χ0v) is 14.3. The van der Waals surface area contributed by atoms with Crippen LogP contribution in [0.25, 0.3) is 0 Å². The van der Waals surface area contributed by atoms with Crippen LogP contribution in [0.15, 0.2) is 11.7 Å². The summed E-state index contributed by atoms with van der Waals surface area (Å²) in [5, 5.41) is 3.01. The van der Waals surface area contributed by atoms with Crippen molar-refractivity contribution in [2.24, 2.45) is 0 Å². The van der Waals surface area contributed by atoms with Gasteiger partial charge in [0.05, 0.1) is 17.2 Å². The van der Waals surface area contributed by atoms with Crippen molar-refractivity contribution in [1.82, 2.24) is 24.8 Å². The smallest absolute Gasteiger partial charge is 0.271 e. The molecule has 2 aromatic heterocycles. The molecular formula is C16H21N5OS. The summed E-state index contributed by atoms with van der Waals surface area (Å²) in [6, 6.07) is 0.567. The maximum Gasteiger partial charge on any atom is 0.271 e. The van der Waals surface area contributed by atoms with E-state index in [0.29, 0.717) is 11.7 Å². The number of imidazole rings is 1. The van der Waals surface area contributed by atoms with E-state index in [4.69, 9.17) is 0 Å². The number of fused-ring (bicyclic) bond motifs is 1. The molecule has 0 radical (unpaired) electrons. The molecule has 1 amide bonds. The lowest BCUT2D eigenvalue weighted by Crippen LogP contribution is -2.36. The molecule has 6 nitrogen and oxygen atoms in total. The number of nitrogens with one attached hydrogen (secondary N) is 1. The molecule has 3 heterocycles. The second-order valence-electron chi connectivity index (χ2n) is 6.43. The second kappa shape index (κ2) is 5.72. The van der Waals surface area contributed by atoms with Crippen molar-refractivity contribution in [2.45, 2.75) is 51.9 Å². The lowest BCUT2D eigenvalue weighted by molar-refractivity contribution is 0.0946. The van der Waals surface area contributed by atoms with E-state index in [0.717, 1.165) is 44.0 Å². The maximum atomic E-state index is 12.2. The summed E-state index contributed by atoms with van der Waals surface area (Å²) in [5.41, 5.74) is 3.57. The van der Waals surface area contributed by atoms with Gasteiger partial charge in [0.25, 0.3) is 5.91 Å². The number of carbonyl (C=O) groups excluding carboxylic acids is 1. The first-order valence-electron chi connectivity index (χ1n) is 8.13. The molecule has 0 unspecified atom stereocenters. The lowest BCUT2D eigenvalue weighted by atomic mass is 10.2. The molecule has 2 aliphatic rings. The van der Waals surface area contributed by atoms with Gasteiger partial charge in [-0.1, -0.05) is 0 Å². The number of hydrogen-bond donors (Lipinski definition) is 1. The average Bonchev–Trinajstić information content (AvgIpc) is 3.08. The Labute approximate surface area is 139 Å². The first kappa shape index (κ1) is 14.8. The molecule has 122 valence electrons. The highest BCUT2D eigenvalue weighted by molar-refractivity contribution is 7.09. The highest BCUT2D eigenvalue weighted by Crippen LogP contribution is 2.28. The number of aromatic nitrogens is 3. The third kappa shape index (κ3) is 2.90. The van der Waals surface area contributed by atoms with Gasteiger partial charge < -0.3 is 9.88 Å². The number of hydrogen-bond acceptors (Lipinski definition) is 5. The van der Waals surface area contributed by atoms with Gasteiger partial charge in [-0.15, -0.1) is 11.3 Å². The van der Waals surface area contributed by atoms with E-state index >= 15 is 0 Å². The van der Waals surface area contributed by atoms with Crippen LogP contribution in [0.4, 0.5) is 0 Å². The SMILES string of the molecule is Cc1ncsc1CN1CCn2cc(C(=O)NC3CC3)nc2[C@@H]1C. The average molecular weight is 331 g/mol. The van der Waals surface area contributed by atoms with Gasteiger partial charge in [-0.05, 0) is 26.7 Å². The van der Waals surface area contributed by atoms with Gasteiger partial charge in [0.1, 0.15) is 11.5 Å². The Morgan fingerprint density at radius 2 is 2.26 bits per heavy atom. The van der Waals surface area contributed by atoms with Crippen LogP contribution in [0, 0.1) is 6.92 Å². The fourth-order valence-electron chi connectivity index (χ4n) is 3.01. The molecule has 1 aliphatic heterocycles. The third-order valence-electron chi connectivity index (χ3n) is 4.69. The van der Waals surface area contributed by atoms with Crippen LogP contribution in [0.3, 0.4) is 0 Å². The van der Waals surface area contributed by atoms with E-state index in [2.05, 4.69) is 38.6 Å². The Morgan fingerprint density at radius 3 is 2.96 bits per heavy atom. The topological polar surface area (TPSA) is 63.1 Å². The normalized spacial score (nSPS) is 21.2. The second-order valence-corrected chi connectivity index (χ2v) is 7.37. The van der Waals surface area contributed by atoms with Crippen molar-refractivity contribution in [3.05, 3.63) is 33.8 Å². The molecule has 1 saturated carbocycles. The summed E-state index contributed by atoms with van der Waals surface area (Å²) < 4.78 is 2.13. The van der Waals surface area contributed by atoms with Gasteiger partial charge in [0.2, 0.25) is 0 Å². The van der Waals surface area contributed by atoms with Crippen molar-refractivity contribution in [1.29, 1.82) is 0 Å². The third-order valence-corrected chi connectivity index (χ3v) is 5.61. The molecule has 23 heavy (non-hydrogen) atoms. The van der Waals surface area contributed by atoms with E-state index in [9.17, 15) is 4.79 Å². The zero-order valence-electron chi connectivity index (χ0n) is 13.5. The molecule has 0 spiro atoms. The quantitative estimate of drug-likeness (QED) is 0.932. The maximum absolute atomic E-state index is 12.2. The van der Waals surface area contributed by atoms with Crippen molar-refractivity contribution >= 4 is 17.2 Å². The zero-order chi connectivity index (χ0) is 16.0. The number of aryl methyl sites for hydroxylation is 1. The van der Waals surface area contributed by atoms with E-state index in [1.807, 2.05) is 11.7 Å². The minimum atomic E-state index is -0.0357. The summed E-state index contributed by atoms with van der Waals surface area (Å²) in [4.78, 5) is 24.9. The van der Waals surface area contributed by atoms with Crippen LogP contribution in [0.5, 0.6) is 0 Å². The van der Waals surface area contributed by atoms with E-state index in [1.54, 1.807) is 11.3 Å². The van der Waals surface area contributed by atoms with Crippen molar-refractivity contribution in [2.75, 3.05) is 6.54 Å². The van der Waals surface area contributed by atoms with Crippen LogP contribution < -0.4 is 5.32 Å². The molecule has 2 aromatic rings. The van der Waals surface area contributed by atoms with Gasteiger partial charge in [-0.25, -0.2) is 9.97 Å². The van der Waals surface area contributed by atoms with E-state index in [1.165, 1.54) is 4.88 Å². The summed E-state index contributed by atoms with van der Waals surface area (Å²) in [7, 11) is 0. The molecule has 0 aromatic carbocycles. The summed E-state index contributed by atoms with van der Waals surface area (Å²) in [5.74, 6) is 0.950. The van der Waals surface area contributed by atoms with Crippen molar-refractivity contribution in [3.63, 3.8) is 0 Å². The number of rotatable bonds is 4. The predicted molar refractivity (Wildman–Crippen MR) is 88.4 cm³/mol. The number of carbonyl (C=O) groups is 1. The van der Waals surface area contributed by atoms with E-state index in [-0.39, 0.29) is 11.9 Å². The Balaban J connectivity index is 1.51. The Bertz CT molecular complexity index is 733. The minimum absolute atomic E-state index is 0.0357. The molecular weight excluding hydrogens is 310 g/mol. The summed E-state index contributed by atoms with van der Waals surface area (Å²) in [6.07, 6.45) is 4.09. The standard InChI is InChI=1S/C16H21N5OS/c1-10-14(23-9-17-10)8-20-5-6-21-7-13(19-15(21)11(20)2)16(22)18-12-3-4-12/h7,9,11-12H,3-6,8H2,1-2H3,(H,18,22)/t11-/m0/s1. The largest absolute Gasteiger partial charge is 0.348 e. The fourth-order valence-corrected chi connectivity index (χ4v) is 3.81. The van der Waals surface area contributed by atoms with Gasteiger partial charge >= 0.3 is 0 Å². The molecule has 4 rings (SSSR count). The Kier molecular flexibility index (Phi) is 3.69. The first-order chi connectivity index (χ1) is 11.1. The number of nitrogens with zero attached hydrogens (tertiary/aromatic N) is 4. The van der Waals surface area contributed by atoms with Gasteiger partial charge in [0, 0.05) is 36.8 Å². The molecule has 1 aliphatic carbocycles. The van der Waals surface area contributed by atoms with Crippen molar-refractivity contribution in [3.8, 4) is 0 Å². The molecule has 1 N–H and O–H groups in total. The van der Waals surface area contributed by atoms with Gasteiger partial charge in [-0.2, -0.15) is 0 Å². The Hall–Kier alpha value is -1.73. The minimum Gasteiger partial charge on any atom is -0.348 e. The van der Waals surface area contributed by atoms with Crippen LogP contribution >= 0.6 is 11.3 Å². The van der Waals surface area contributed by atoms with Crippen molar-refractivity contribution < 1.29 is 4.79 Å². The molecule has 0 bridgehead atoms. The predicted octanol–water partition coefficient (Wildman–Crippen LogP) is 2.12. The molecule has 0 saturated heterocycles. The number of amides is 1. The monoisotopic (exact) mass is 331 g/mol. The van der Waals surface area contributed by atoms with E-state index < -0.39 is 0 Å². The lowest BCUT2D eigenvalue weighted by Gasteiger charge is -2.33. The number of thiazole rings is 1.